The monoisotopic (exact) mass is 447 g/mol. The number of piperazine rings is 1. The highest BCUT2D eigenvalue weighted by molar-refractivity contribution is 5.91. The molecule has 9 heteroatoms. The maximum absolute atomic E-state index is 12.6. The van der Waals surface area contributed by atoms with Gasteiger partial charge in [0.25, 0.3) is 0 Å². The summed E-state index contributed by atoms with van der Waals surface area (Å²) in [6.07, 6.45) is 3.11. The van der Waals surface area contributed by atoms with E-state index in [2.05, 4.69) is 26.5 Å². The summed E-state index contributed by atoms with van der Waals surface area (Å²) in [7, 11) is 0. The number of hydrogen-bond acceptors (Lipinski definition) is 7. The Morgan fingerprint density at radius 3 is 2.70 bits per heavy atom. The molecule has 1 aliphatic carbocycles. The average Bonchev–Trinajstić information content (AvgIpc) is 3.18. The minimum Gasteiger partial charge on any atom is -0.444 e. The summed E-state index contributed by atoms with van der Waals surface area (Å²) >= 11 is 0. The fourth-order valence-corrected chi connectivity index (χ4v) is 4.87. The van der Waals surface area contributed by atoms with Gasteiger partial charge in [-0.05, 0) is 52.2 Å². The van der Waals surface area contributed by atoms with Crippen molar-refractivity contribution < 1.29 is 9.53 Å². The first kappa shape index (κ1) is 20.3. The number of hydrogen-bond donors (Lipinski definition) is 2. The van der Waals surface area contributed by atoms with Crippen molar-refractivity contribution in [3.05, 3.63) is 36.0 Å². The normalized spacial score (nSPS) is 22.3. The van der Waals surface area contributed by atoms with E-state index in [0.717, 1.165) is 29.0 Å². The molecule has 3 fully saturated rings. The van der Waals surface area contributed by atoms with Gasteiger partial charge in [0.15, 0.2) is 5.82 Å². The molecule has 0 radical (unpaired) electrons. The van der Waals surface area contributed by atoms with Crippen LogP contribution in [0.4, 0.5) is 22.4 Å². The molecule has 2 aromatic heterocycles. The Morgan fingerprint density at radius 2 is 1.97 bits per heavy atom. The third-order valence-electron chi connectivity index (χ3n) is 6.58. The van der Waals surface area contributed by atoms with E-state index < -0.39 is 5.60 Å². The Balaban J connectivity index is 1.26. The van der Waals surface area contributed by atoms with Crippen LogP contribution in [0.5, 0.6) is 0 Å². The second kappa shape index (κ2) is 7.33. The lowest BCUT2D eigenvalue weighted by Gasteiger charge is -2.35. The van der Waals surface area contributed by atoms with Crippen molar-refractivity contribution in [2.45, 2.75) is 63.6 Å². The molecule has 2 N–H and O–H groups in total. The van der Waals surface area contributed by atoms with Crippen molar-refractivity contribution in [3.63, 3.8) is 0 Å². The van der Waals surface area contributed by atoms with Gasteiger partial charge in [-0.1, -0.05) is 12.1 Å². The second-order valence-corrected chi connectivity index (χ2v) is 10.3. The van der Waals surface area contributed by atoms with E-state index >= 15 is 0 Å². The van der Waals surface area contributed by atoms with Crippen molar-refractivity contribution in [1.82, 2.24) is 25.1 Å². The Labute approximate surface area is 192 Å². The van der Waals surface area contributed by atoms with Crippen LogP contribution in [-0.4, -0.2) is 61.9 Å². The van der Waals surface area contributed by atoms with Crippen molar-refractivity contribution in [3.8, 4) is 0 Å². The number of H-pyrrole nitrogens is 1. The summed E-state index contributed by atoms with van der Waals surface area (Å²) in [5.74, 6) is 2.81. The Hall–Kier alpha value is -3.36. The Bertz CT molecular complexity index is 1210. The predicted molar refractivity (Wildman–Crippen MR) is 126 cm³/mol. The number of nitrogens with one attached hydrogen (secondary N) is 2. The zero-order chi connectivity index (χ0) is 22.7. The largest absolute Gasteiger partial charge is 0.444 e. The molecule has 1 saturated carbocycles. The van der Waals surface area contributed by atoms with Crippen LogP contribution in [0.15, 0.2) is 30.3 Å². The molecule has 6 rings (SSSR count). The number of nitrogens with zero attached hydrogens (tertiary/aromatic N) is 5. The maximum atomic E-state index is 12.6. The molecule has 3 aliphatic rings. The minimum atomic E-state index is -0.494. The van der Waals surface area contributed by atoms with Gasteiger partial charge in [0, 0.05) is 36.2 Å². The molecule has 2 aliphatic heterocycles. The topological polar surface area (TPSA) is 99.3 Å². The summed E-state index contributed by atoms with van der Waals surface area (Å²) in [4.78, 5) is 26.5. The van der Waals surface area contributed by atoms with Gasteiger partial charge in [0.1, 0.15) is 11.4 Å². The van der Waals surface area contributed by atoms with Crippen LogP contribution >= 0.6 is 0 Å². The van der Waals surface area contributed by atoms with E-state index in [0.29, 0.717) is 25.0 Å². The average molecular weight is 448 g/mol. The SMILES string of the molecule is CC(C)(C)OC(=O)N1CC2CC1CN2c1nc(Nc2cc(C3CC3)[nH]n2)c2ccccc2n1. The molecule has 2 saturated heterocycles. The number of benzene rings is 1. The molecule has 0 spiro atoms. The molecule has 3 aromatic rings. The number of ether oxygens (including phenoxy) is 1. The van der Waals surface area contributed by atoms with Crippen molar-refractivity contribution in [2.75, 3.05) is 23.3 Å². The number of amides is 1. The number of likely N-dealkylation sites (tertiary alicyclic amines) is 1. The summed E-state index contributed by atoms with van der Waals surface area (Å²) in [6, 6.07) is 10.4. The highest BCUT2D eigenvalue weighted by Crippen LogP contribution is 2.40. The van der Waals surface area contributed by atoms with E-state index in [1.807, 2.05) is 49.9 Å². The first-order valence-electron chi connectivity index (χ1n) is 11.7. The number of fused-ring (bicyclic) bond motifs is 3. The fraction of sp³-hybridized carbons (Fsp3) is 0.500. The maximum Gasteiger partial charge on any atom is 0.410 e. The van der Waals surface area contributed by atoms with E-state index in [9.17, 15) is 4.79 Å². The third kappa shape index (κ3) is 3.85. The minimum absolute atomic E-state index is 0.115. The second-order valence-electron chi connectivity index (χ2n) is 10.3. The van der Waals surface area contributed by atoms with E-state index in [4.69, 9.17) is 14.7 Å². The lowest BCUT2D eigenvalue weighted by molar-refractivity contribution is 0.0214. The number of rotatable bonds is 4. The number of carbonyl (C=O) groups excluding carboxylic acids is 1. The zero-order valence-corrected chi connectivity index (χ0v) is 19.2. The van der Waals surface area contributed by atoms with Crippen LogP contribution < -0.4 is 10.2 Å². The van der Waals surface area contributed by atoms with Gasteiger partial charge in [-0.15, -0.1) is 0 Å². The van der Waals surface area contributed by atoms with Gasteiger partial charge in [-0.3, -0.25) is 5.10 Å². The lowest BCUT2D eigenvalue weighted by Crippen LogP contribution is -2.50. The molecule has 2 atom stereocenters. The molecule has 2 unspecified atom stereocenters. The molecule has 172 valence electrons. The standard InChI is InChI=1S/C24H29N7O2/c1-24(2,3)33-23(32)31-13-15-10-16(31)12-30(15)22-25-18-7-5-4-6-17(18)21(27-22)26-20-11-19(28-29-20)14-8-9-14/h4-7,11,14-16H,8-10,12-13H2,1-3H3,(H2,25,26,27,28,29). The third-order valence-corrected chi connectivity index (χ3v) is 6.58. The number of para-hydroxylation sites is 1. The van der Waals surface area contributed by atoms with Crippen LogP contribution in [0.2, 0.25) is 0 Å². The summed E-state index contributed by atoms with van der Waals surface area (Å²) in [6.45, 7) is 7.03. The smallest absolute Gasteiger partial charge is 0.410 e. The van der Waals surface area contributed by atoms with Crippen molar-refractivity contribution >= 4 is 34.6 Å². The van der Waals surface area contributed by atoms with Crippen molar-refractivity contribution in [2.24, 2.45) is 0 Å². The van der Waals surface area contributed by atoms with Crippen LogP contribution in [0.3, 0.4) is 0 Å². The molecule has 1 aromatic carbocycles. The van der Waals surface area contributed by atoms with Crippen LogP contribution in [-0.2, 0) is 4.74 Å². The molecular formula is C24H29N7O2. The summed E-state index contributed by atoms with van der Waals surface area (Å²) in [5, 5.41) is 11.9. The van der Waals surface area contributed by atoms with Gasteiger partial charge in [-0.25, -0.2) is 9.78 Å². The predicted octanol–water partition coefficient (Wildman–Crippen LogP) is 4.17. The molecular weight excluding hydrogens is 418 g/mol. The summed E-state index contributed by atoms with van der Waals surface area (Å²) < 4.78 is 5.60. The highest BCUT2D eigenvalue weighted by atomic mass is 16.6. The Morgan fingerprint density at radius 1 is 1.15 bits per heavy atom. The summed E-state index contributed by atoms with van der Waals surface area (Å²) in [5.41, 5.74) is 1.57. The van der Waals surface area contributed by atoms with Gasteiger partial charge in [0.05, 0.1) is 17.6 Å². The van der Waals surface area contributed by atoms with E-state index in [-0.39, 0.29) is 18.2 Å². The van der Waals surface area contributed by atoms with Crippen molar-refractivity contribution in [1.29, 1.82) is 0 Å². The number of carbonyl (C=O) groups is 1. The van der Waals surface area contributed by atoms with Crippen LogP contribution in [0.1, 0.15) is 51.6 Å². The van der Waals surface area contributed by atoms with Gasteiger partial charge in [-0.2, -0.15) is 10.1 Å². The number of anilines is 3. The first-order valence-corrected chi connectivity index (χ1v) is 11.7. The zero-order valence-electron chi connectivity index (χ0n) is 19.2. The van der Waals surface area contributed by atoms with E-state index in [1.54, 1.807) is 0 Å². The van der Waals surface area contributed by atoms with Crippen LogP contribution in [0, 0.1) is 0 Å². The number of aromatic amines is 1. The van der Waals surface area contributed by atoms with Gasteiger partial charge < -0.3 is 19.9 Å². The fourth-order valence-electron chi connectivity index (χ4n) is 4.87. The Kier molecular flexibility index (Phi) is 4.50. The van der Waals surface area contributed by atoms with E-state index in [1.165, 1.54) is 18.5 Å². The van der Waals surface area contributed by atoms with Gasteiger partial charge >= 0.3 is 6.09 Å². The molecule has 4 heterocycles. The molecule has 33 heavy (non-hydrogen) atoms. The quantitative estimate of drug-likeness (QED) is 0.619. The molecule has 1 amide bonds. The van der Waals surface area contributed by atoms with Crippen LogP contribution in [0.25, 0.3) is 10.9 Å². The lowest BCUT2D eigenvalue weighted by atomic mass is 10.2. The molecule has 9 nitrogen and oxygen atoms in total. The first-order chi connectivity index (χ1) is 15.8. The number of aromatic nitrogens is 4. The van der Waals surface area contributed by atoms with Gasteiger partial charge in [0.2, 0.25) is 5.95 Å². The molecule has 2 bridgehead atoms. The highest BCUT2D eigenvalue weighted by Gasteiger charge is 2.47.